The Morgan fingerprint density at radius 1 is 0.926 bits per heavy atom. The second kappa shape index (κ2) is 7.82. The van der Waals surface area contributed by atoms with Crippen molar-refractivity contribution in [1.82, 2.24) is 10.9 Å². The Kier molecular flexibility index (Phi) is 5.10. The lowest BCUT2D eigenvalue weighted by atomic mass is 9.98. The first kappa shape index (κ1) is 17.6. The van der Waals surface area contributed by atoms with Crippen LogP contribution in [0.1, 0.15) is 41.9 Å². The van der Waals surface area contributed by atoms with Gasteiger partial charge in [-0.1, -0.05) is 42.5 Å². The molecule has 2 aliphatic rings. The first-order chi connectivity index (χ1) is 13.2. The van der Waals surface area contributed by atoms with Gasteiger partial charge < -0.3 is 4.90 Å². The minimum absolute atomic E-state index is 0.135. The predicted molar refractivity (Wildman–Crippen MR) is 105 cm³/mol. The smallest absolute Gasteiger partial charge is 0.257 e. The molecule has 0 spiro atoms. The van der Waals surface area contributed by atoms with Crippen LogP contribution in [0.5, 0.6) is 0 Å². The number of carbonyl (C=O) groups is 2. The van der Waals surface area contributed by atoms with Crippen molar-refractivity contribution >= 4 is 17.5 Å². The third kappa shape index (κ3) is 3.97. The minimum Gasteiger partial charge on any atom is -0.362 e. The van der Waals surface area contributed by atoms with Crippen LogP contribution in [-0.4, -0.2) is 24.9 Å². The average Bonchev–Trinajstić information content (AvgIpc) is 3.10. The molecular weight excluding hydrogens is 338 g/mol. The van der Waals surface area contributed by atoms with Crippen LogP contribution in [0.3, 0.4) is 0 Å². The van der Waals surface area contributed by atoms with E-state index < -0.39 is 0 Å². The molecule has 4 rings (SSSR count). The Morgan fingerprint density at radius 3 is 2.56 bits per heavy atom. The van der Waals surface area contributed by atoms with Crippen molar-refractivity contribution in [2.75, 3.05) is 18.0 Å². The van der Waals surface area contributed by atoms with Crippen LogP contribution >= 0.6 is 0 Å². The molecule has 2 N–H and O–H groups in total. The largest absolute Gasteiger partial charge is 0.362 e. The number of hydrogen-bond acceptors (Lipinski definition) is 3. The minimum atomic E-state index is -0.188. The number of anilines is 1. The number of aryl methyl sites for hydroxylation is 2. The molecule has 2 aromatic carbocycles. The Balaban J connectivity index is 1.27. The Morgan fingerprint density at radius 2 is 1.67 bits per heavy atom. The van der Waals surface area contributed by atoms with Gasteiger partial charge in [0.25, 0.3) is 5.91 Å². The summed E-state index contributed by atoms with van der Waals surface area (Å²) >= 11 is 0. The predicted octanol–water partition coefficient (Wildman–Crippen LogP) is 2.71. The van der Waals surface area contributed by atoms with Gasteiger partial charge in [-0.25, -0.2) is 0 Å². The van der Waals surface area contributed by atoms with Gasteiger partial charge in [0, 0.05) is 18.7 Å². The van der Waals surface area contributed by atoms with E-state index in [-0.39, 0.29) is 24.3 Å². The third-order valence-corrected chi connectivity index (χ3v) is 5.57. The maximum atomic E-state index is 12.3. The quantitative estimate of drug-likeness (QED) is 0.821. The van der Waals surface area contributed by atoms with Crippen molar-refractivity contribution in [2.45, 2.75) is 38.0 Å². The van der Waals surface area contributed by atoms with Crippen LogP contribution in [0.2, 0.25) is 0 Å². The number of benzene rings is 2. The van der Waals surface area contributed by atoms with Gasteiger partial charge in [0.05, 0.1) is 6.54 Å². The maximum absolute atomic E-state index is 12.3. The van der Waals surface area contributed by atoms with E-state index >= 15 is 0 Å². The van der Waals surface area contributed by atoms with Crippen LogP contribution in [0.15, 0.2) is 48.5 Å². The zero-order chi connectivity index (χ0) is 18.6. The lowest BCUT2D eigenvalue weighted by molar-refractivity contribution is -0.128. The molecule has 1 aliphatic heterocycles. The lowest BCUT2D eigenvalue weighted by Crippen LogP contribution is -2.47. The second-order valence-corrected chi connectivity index (χ2v) is 7.39. The molecule has 1 atom stereocenters. The first-order valence-electron chi connectivity index (χ1n) is 9.69. The summed E-state index contributed by atoms with van der Waals surface area (Å²) < 4.78 is 0. The SMILES string of the molecule is O=C(CC1CCc2ccccc21)NNC(=O)CN1CCCc2ccccc21. The van der Waals surface area contributed by atoms with E-state index in [0.29, 0.717) is 6.42 Å². The maximum Gasteiger partial charge on any atom is 0.257 e. The van der Waals surface area contributed by atoms with Gasteiger partial charge in [0.2, 0.25) is 5.91 Å². The second-order valence-electron chi connectivity index (χ2n) is 7.39. The third-order valence-electron chi connectivity index (χ3n) is 5.57. The summed E-state index contributed by atoms with van der Waals surface area (Å²) in [5, 5.41) is 0. The molecule has 0 fully saturated rings. The van der Waals surface area contributed by atoms with E-state index in [1.165, 1.54) is 16.7 Å². The van der Waals surface area contributed by atoms with Crippen LogP contribution in [0.4, 0.5) is 5.69 Å². The molecule has 1 heterocycles. The van der Waals surface area contributed by atoms with Gasteiger partial charge in [-0.3, -0.25) is 20.4 Å². The van der Waals surface area contributed by atoms with Gasteiger partial charge in [0.1, 0.15) is 0 Å². The number of nitrogens with one attached hydrogen (secondary N) is 2. The summed E-state index contributed by atoms with van der Waals surface area (Å²) in [7, 11) is 0. The highest BCUT2D eigenvalue weighted by atomic mass is 16.2. The molecule has 5 heteroatoms. The topological polar surface area (TPSA) is 61.4 Å². The van der Waals surface area contributed by atoms with E-state index in [1.54, 1.807) is 0 Å². The molecule has 0 radical (unpaired) electrons. The summed E-state index contributed by atoms with van der Waals surface area (Å²) in [5.41, 5.74) is 10.2. The van der Waals surface area contributed by atoms with Crippen molar-refractivity contribution in [2.24, 2.45) is 0 Å². The molecule has 27 heavy (non-hydrogen) atoms. The number of hydrazine groups is 1. The van der Waals surface area contributed by atoms with Gasteiger partial charge in [0.15, 0.2) is 0 Å². The normalized spacial score (nSPS) is 17.8. The molecule has 0 saturated carbocycles. The van der Waals surface area contributed by atoms with Crippen LogP contribution < -0.4 is 15.8 Å². The molecule has 2 aromatic rings. The molecule has 5 nitrogen and oxygen atoms in total. The standard InChI is InChI=1S/C22H25N3O2/c26-21(14-18-12-11-16-6-1-3-9-19(16)18)23-24-22(27)15-25-13-5-8-17-7-2-4-10-20(17)25/h1-4,6-7,9-10,18H,5,8,11-15H2,(H,23,26)(H,24,27). The van der Waals surface area contributed by atoms with Crippen molar-refractivity contribution < 1.29 is 9.59 Å². The summed E-state index contributed by atoms with van der Waals surface area (Å²) in [4.78, 5) is 26.6. The number of para-hydroxylation sites is 1. The number of carbonyl (C=O) groups excluding carboxylic acids is 2. The van der Waals surface area contributed by atoms with Gasteiger partial charge >= 0.3 is 0 Å². The Labute approximate surface area is 159 Å². The zero-order valence-electron chi connectivity index (χ0n) is 15.4. The van der Waals surface area contributed by atoms with Crippen molar-refractivity contribution in [3.8, 4) is 0 Å². The number of hydrogen-bond donors (Lipinski definition) is 2. The van der Waals surface area contributed by atoms with E-state index in [2.05, 4.69) is 40.0 Å². The summed E-state index contributed by atoms with van der Waals surface area (Å²) in [6, 6.07) is 16.5. The van der Waals surface area contributed by atoms with Crippen LogP contribution in [0, 0.1) is 0 Å². The highest BCUT2D eigenvalue weighted by Gasteiger charge is 2.24. The van der Waals surface area contributed by atoms with E-state index in [1.807, 2.05) is 24.3 Å². The van der Waals surface area contributed by atoms with Crippen molar-refractivity contribution in [3.63, 3.8) is 0 Å². The molecule has 0 saturated heterocycles. The van der Waals surface area contributed by atoms with Gasteiger partial charge in [-0.05, 0) is 54.4 Å². The van der Waals surface area contributed by atoms with Crippen molar-refractivity contribution in [1.29, 1.82) is 0 Å². The fourth-order valence-corrected chi connectivity index (χ4v) is 4.26. The first-order valence-corrected chi connectivity index (χ1v) is 9.69. The van der Waals surface area contributed by atoms with Crippen LogP contribution in [0.25, 0.3) is 0 Å². The van der Waals surface area contributed by atoms with E-state index in [9.17, 15) is 9.59 Å². The number of amides is 2. The Bertz CT molecular complexity index is 849. The lowest BCUT2D eigenvalue weighted by Gasteiger charge is -2.30. The van der Waals surface area contributed by atoms with Gasteiger partial charge in [-0.15, -0.1) is 0 Å². The number of nitrogens with zero attached hydrogens (tertiary/aromatic N) is 1. The fraction of sp³-hybridized carbons (Fsp3) is 0.364. The van der Waals surface area contributed by atoms with Gasteiger partial charge in [-0.2, -0.15) is 0 Å². The number of rotatable bonds is 4. The average molecular weight is 363 g/mol. The molecule has 140 valence electrons. The van der Waals surface area contributed by atoms with E-state index in [0.717, 1.165) is 37.9 Å². The molecule has 2 amide bonds. The highest BCUT2D eigenvalue weighted by Crippen LogP contribution is 2.35. The fourth-order valence-electron chi connectivity index (χ4n) is 4.26. The molecule has 0 aromatic heterocycles. The molecule has 1 aliphatic carbocycles. The monoisotopic (exact) mass is 363 g/mol. The zero-order valence-corrected chi connectivity index (χ0v) is 15.4. The summed E-state index contributed by atoms with van der Waals surface area (Å²) in [5.74, 6) is -0.0805. The molecule has 1 unspecified atom stereocenters. The number of fused-ring (bicyclic) bond motifs is 2. The highest BCUT2D eigenvalue weighted by molar-refractivity contribution is 5.85. The van der Waals surface area contributed by atoms with Crippen LogP contribution in [-0.2, 0) is 22.4 Å². The summed E-state index contributed by atoms with van der Waals surface area (Å²) in [6.45, 7) is 1.11. The molecular formula is C22H25N3O2. The van der Waals surface area contributed by atoms with Crippen molar-refractivity contribution in [3.05, 3.63) is 65.2 Å². The molecule has 0 bridgehead atoms. The Hall–Kier alpha value is -2.82. The van der Waals surface area contributed by atoms with E-state index in [4.69, 9.17) is 0 Å². The summed E-state index contributed by atoms with van der Waals surface area (Å²) in [6.07, 6.45) is 4.51.